The zero-order valence-corrected chi connectivity index (χ0v) is 13.1. The van der Waals surface area contributed by atoms with Crippen molar-refractivity contribution in [3.63, 3.8) is 0 Å². The Morgan fingerprint density at radius 1 is 1.35 bits per heavy atom. The third kappa shape index (κ3) is 3.97. The quantitative estimate of drug-likeness (QED) is 0.866. The smallest absolute Gasteiger partial charge is 0.123 e. The number of benzene rings is 1. The number of ether oxygens (including phenoxy) is 1. The number of nitrogens with two attached hydrogens (primary N) is 1. The minimum Gasteiger partial charge on any atom is -0.496 e. The highest BCUT2D eigenvalue weighted by Crippen LogP contribution is 2.27. The molecule has 0 spiro atoms. The average molecular weight is 276 g/mol. The molecule has 1 aliphatic carbocycles. The maximum absolute atomic E-state index is 5.98. The Balaban J connectivity index is 2.03. The van der Waals surface area contributed by atoms with Gasteiger partial charge in [-0.3, -0.25) is 0 Å². The topological polar surface area (TPSA) is 38.5 Å². The van der Waals surface area contributed by atoms with E-state index in [4.69, 9.17) is 10.5 Å². The predicted molar refractivity (Wildman–Crippen MR) is 83.9 cm³/mol. The Bertz CT molecular complexity index is 425. The second kappa shape index (κ2) is 7.09. The Morgan fingerprint density at radius 2 is 2.05 bits per heavy atom. The summed E-state index contributed by atoms with van der Waals surface area (Å²) < 4.78 is 5.48. The summed E-state index contributed by atoms with van der Waals surface area (Å²) >= 11 is 0. The average Bonchev–Trinajstić information content (AvgIpc) is 2.91. The van der Waals surface area contributed by atoms with Crippen molar-refractivity contribution < 1.29 is 4.74 Å². The first-order valence-electron chi connectivity index (χ1n) is 7.71. The molecule has 1 aliphatic rings. The van der Waals surface area contributed by atoms with Crippen LogP contribution in [0.25, 0.3) is 0 Å². The molecule has 1 aromatic carbocycles. The van der Waals surface area contributed by atoms with Gasteiger partial charge >= 0.3 is 0 Å². The van der Waals surface area contributed by atoms with Gasteiger partial charge in [-0.15, -0.1) is 0 Å². The Kier molecular flexibility index (Phi) is 5.44. The fourth-order valence-corrected chi connectivity index (χ4v) is 3.19. The summed E-state index contributed by atoms with van der Waals surface area (Å²) in [6, 6.07) is 6.36. The fraction of sp³-hybridized carbons (Fsp3) is 0.647. The van der Waals surface area contributed by atoms with Gasteiger partial charge in [0.2, 0.25) is 0 Å². The molecular formula is C17H28N2O. The zero-order valence-electron chi connectivity index (χ0n) is 13.1. The lowest BCUT2D eigenvalue weighted by atomic mass is 10.0. The number of rotatable bonds is 6. The van der Waals surface area contributed by atoms with Gasteiger partial charge in [-0.05, 0) is 50.4 Å². The third-order valence-electron chi connectivity index (χ3n) is 4.32. The molecule has 112 valence electrons. The number of hydrogen-bond acceptors (Lipinski definition) is 3. The molecule has 0 amide bonds. The van der Waals surface area contributed by atoms with Crippen molar-refractivity contribution in [3.05, 3.63) is 29.3 Å². The highest BCUT2D eigenvalue weighted by molar-refractivity contribution is 5.38. The van der Waals surface area contributed by atoms with E-state index >= 15 is 0 Å². The molecule has 0 aliphatic heterocycles. The summed E-state index contributed by atoms with van der Waals surface area (Å²) in [5, 5.41) is 0. The second-order valence-electron chi connectivity index (χ2n) is 6.21. The van der Waals surface area contributed by atoms with Gasteiger partial charge in [0, 0.05) is 24.7 Å². The van der Waals surface area contributed by atoms with Crippen LogP contribution in [0.3, 0.4) is 0 Å². The van der Waals surface area contributed by atoms with E-state index in [0.717, 1.165) is 18.2 Å². The molecular weight excluding hydrogens is 248 g/mol. The van der Waals surface area contributed by atoms with Crippen molar-refractivity contribution in [2.24, 2.45) is 11.7 Å². The van der Waals surface area contributed by atoms with Gasteiger partial charge in [0.15, 0.2) is 0 Å². The van der Waals surface area contributed by atoms with E-state index in [0.29, 0.717) is 0 Å². The SMILES string of the molecule is COc1ccc(C(C)N)cc1CN(C)CC1CCCC1. The lowest BCUT2D eigenvalue weighted by molar-refractivity contribution is 0.267. The van der Waals surface area contributed by atoms with Crippen molar-refractivity contribution in [2.75, 3.05) is 20.7 Å². The molecule has 3 nitrogen and oxygen atoms in total. The summed E-state index contributed by atoms with van der Waals surface area (Å²) in [5.74, 6) is 1.84. The molecule has 1 fully saturated rings. The molecule has 0 heterocycles. The van der Waals surface area contributed by atoms with Crippen molar-refractivity contribution >= 4 is 0 Å². The van der Waals surface area contributed by atoms with Gasteiger partial charge in [-0.25, -0.2) is 0 Å². The normalized spacial score (nSPS) is 17.6. The fourth-order valence-electron chi connectivity index (χ4n) is 3.19. The van der Waals surface area contributed by atoms with E-state index < -0.39 is 0 Å². The van der Waals surface area contributed by atoms with Gasteiger partial charge in [0.25, 0.3) is 0 Å². The minimum atomic E-state index is 0.0693. The van der Waals surface area contributed by atoms with E-state index in [-0.39, 0.29) is 6.04 Å². The Labute approximate surface area is 123 Å². The molecule has 1 aromatic rings. The molecule has 1 atom stereocenters. The molecule has 0 radical (unpaired) electrons. The van der Waals surface area contributed by atoms with Crippen molar-refractivity contribution in [1.29, 1.82) is 0 Å². The number of nitrogens with zero attached hydrogens (tertiary/aromatic N) is 1. The van der Waals surface area contributed by atoms with Crippen LogP contribution in [-0.4, -0.2) is 25.6 Å². The summed E-state index contributed by atoms with van der Waals surface area (Å²) in [5.41, 5.74) is 8.40. The van der Waals surface area contributed by atoms with Crippen LogP contribution in [0.1, 0.15) is 49.8 Å². The molecule has 3 heteroatoms. The van der Waals surface area contributed by atoms with Gasteiger partial charge in [0.1, 0.15) is 5.75 Å². The van der Waals surface area contributed by atoms with Crippen LogP contribution < -0.4 is 10.5 Å². The summed E-state index contributed by atoms with van der Waals surface area (Å²) in [6.07, 6.45) is 5.59. The predicted octanol–water partition coefficient (Wildman–Crippen LogP) is 3.34. The number of hydrogen-bond donors (Lipinski definition) is 1. The minimum absolute atomic E-state index is 0.0693. The van der Waals surface area contributed by atoms with Crippen LogP contribution >= 0.6 is 0 Å². The van der Waals surface area contributed by atoms with E-state index in [1.807, 2.05) is 13.0 Å². The zero-order chi connectivity index (χ0) is 14.5. The van der Waals surface area contributed by atoms with Gasteiger partial charge in [-0.1, -0.05) is 18.9 Å². The lowest BCUT2D eigenvalue weighted by Gasteiger charge is -2.22. The molecule has 1 saturated carbocycles. The monoisotopic (exact) mass is 276 g/mol. The molecule has 2 N–H and O–H groups in total. The Morgan fingerprint density at radius 3 is 2.65 bits per heavy atom. The maximum Gasteiger partial charge on any atom is 0.123 e. The first-order valence-corrected chi connectivity index (χ1v) is 7.71. The molecule has 0 saturated heterocycles. The van der Waals surface area contributed by atoms with Crippen LogP contribution in [-0.2, 0) is 6.54 Å². The molecule has 1 unspecified atom stereocenters. The largest absolute Gasteiger partial charge is 0.496 e. The van der Waals surface area contributed by atoms with Crippen LogP contribution in [0, 0.1) is 5.92 Å². The van der Waals surface area contributed by atoms with Crippen LogP contribution in [0.4, 0.5) is 0 Å². The van der Waals surface area contributed by atoms with Crippen molar-refractivity contribution in [3.8, 4) is 5.75 Å². The van der Waals surface area contributed by atoms with E-state index in [1.165, 1.54) is 43.4 Å². The lowest BCUT2D eigenvalue weighted by Crippen LogP contribution is -2.24. The van der Waals surface area contributed by atoms with Crippen LogP contribution in [0.2, 0.25) is 0 Å². The standard InChI is InChI=1S/C17H28N2O/c1-13(18)15-8-9-17(20-3)16(10-15)12-19(2)11-14-6-4-5-7-14/h8-10,13-14H,4-7,11-12,18H2,1-3H3. The first-order chi connectivity index (χ1) is 9.60. The summed E-state index contributed by atoms with van der Waals surface area (Å²) in [7, 11) is 3.94. The van der Waals surface area contributed by atoms with Gasteiger partial charge < -0.3 is 15.4 Å². The van der Waals surface area contributed by atoms with Crippen molar-refractivity contribution in [1.82, 2.24) is 4.90 Å². The van der Waals surface area contributed by atoms with Crippen LogP contribution in [0.15, 0.2) is 18.2 Å². The molecule has 2 rings (SSSR count). The molecule has 20 heavy (non-hydrogen) atoms. The van der Waals surface area contributed by atoms with Crippen LogP contribution in [0.5, 0.6) is 5.75 Å². The highest BCUT2D eigenvalue weighted by atomic mass is 16.5. The highest BCUT2D eigenvalue weighted by Gasteiger charge is 2.17. The van der Waals surface area contributed by atoms with E-state index in [1.54, 1.807) is 7.11 Å². The van der Waals surface area contributed by atoms with E-state index in [2.05, 4.69) is 24.1 Å². The first kappa shape index (κ1) is 15.3. The number of methoxy groups -OCH3 is 1. The maximum atomic E-state index is 5.98. The summed E-state index contributed by atoms with van der Waals surface area (Å²) in [4.78, 5) is 2.42. The van der Waals surface area contributed by atoms with E-state index in [9.17, 15) is 0 Å². The second-order valence-corrected chi connectivity index (χ2v) is 6.21. The Hall–Kier alpha value is -1.06. The molecule has 0 aromatic heterocycles. The summed E-state index contributed by atoms with van der Waals surface area (Å²) in [6.45, 7) is 4.14. The van der Waals surface area contributed by atoms with Gasteiger partial charge in [0.05, 0.1) is 7.11 Å². The third-order valence-corrected chi connectivity index (χ3v) is 4.32. The van der Waals surface area contributed by atoms with Crippen molar-refractivity contribution in [2.45, 2.75) is 45.2 Å². The molecule has 0 bridgehead atoms. The van der Waals surface area contributed by atoms with Gasteiger partial charge in [-0.2, -0.15) is 0 Å².